The minimum atomic E-state index is -3.62. The molecule has 1 aromatic carbocycles. The molecule has 0 aliphatic carbocycles. The fraction of sp³-hybridized carbons (Fsp3) is 0.286. The van der Waals surface area contributed by atoms with Gasteiger partial charge in [0.1, 0.15) is 0 Å². The average molecular weight is 324 g/mol. The van der Waals surface area contributed by atoms with E-state index < -0.39 is 10.0 Å². The maximum atomic E-state index is 12.5. The number of rotatable bonds is 5. The van der Waals surface area contributed by atoms with E-state index in [1.54, 1.807) is 18.3 Å². The van der Waals surface area contributed by atoms with E-state index in [2.05, 4.69) is 4.98 Å². The molecule has 112 valence electrons. The average Bonchev–Trinajstić information content (AvgIpc) is 2.84. The molecule has 0 aliphatic heterocycles. The lowest BCUT2D eigenvalue weighted by Gasteiger charge is -2.16. The summed E-state index contributed by atoms with van der Waals surface area (Å²) in [5.41, 5.74) is 0.387. The molecule has 2 rings (SSSR count). The molecule has 0 fully saturated rings. The van der Waals surface area contributed by atoms with Crippen molar-refractivity contribution in [1.82, 2.24) is 9.29 Å². The molecular formula is C14H16N2O3S2. The van der Waals surface area contributed by atoms with Crippen molar-refractivity contribution in [2.45, 2.75) is 25.3 Å². The highest BCUT2D eigenvalue weighted by molar-refractivity contribution is 7.89. The number of carbonyl (C=O) groups excluding carboxylic acids is 1. The predicted molar refractivity (Wildman–Crippen MR) is 82.0 cm³/mol. The molecule has 0 unspecified atom stereocenters. The topological polar surface area (TPSA) is 67.3 Å². The van der Waals surface area contributed by atoms with E-state index in [1.807, 2.05) is 6.92 Å². The van der Waals surface area contributed by atoms with Gasteiger partial charge < -0.3 is 0 Å². The van der Waals surface area contributed by atoms with E-state index in [9.17, 15) is 13.2 Å². The van der Waals surface area contributed by atoms with Crippen LogP contribution in [0.25, 0.3) is 0 Å². The highest BCUT2D eigenvalue weighted by atomic mass is 32.2. The Morgan fingerprint density at radius 3 is 2.67 bits per heavy atom. The molecule has 0 spiro atoms. The van der Waals surface area contributed by atoms with Crippen LogP contribution in [0.3, 0.4) is 0 Å². The molecule has 0 N–H and O–H groups in total. The van der Waals surface area contributed by atoms with Crippen LogP contribution < -0.4 is 0 Å². The highest BCUT2D eigenvalue weighted by Crippen LogP contribution is 2.20. The zero-order chi connectivity index (χ0) is 15.6. The minimum absolute atomic E-state index is 0.124. The molecule has 0 bridgehead atoms. The van der Waals surface area contributed by atoms with Crippen LogP contribution in [0.15, 0.2) is 35.4 Å². The fourth-order valence-electron chi connectivity index (χ4n) is 1.84. The number of aromatic nitrogens is 1. The Morgan fingerprint density at radius 2 is 2.10 bits per heavy atom. The Labute approximate surface area is 128 Å². The molecule has 0 saturated heterocycles. The van der Waals surface area contributed by atoms with Crippen LogP contribution >= 0.6 is 11.3 Å². The first kappa shape index (κ1) is 15.8. The summed E-state index contributed by atoms with van der Waals surface area (Å²) in [6, 6.07) is 6.09. The van der Waals surface area contributed by atoms with Crippen molar-refractivity contribution in [3.05, 3.63) is 45.9 Å². The number of ketones is 1. The van der Waals surface area contributed by atoms with Crippen LogP contribution in [-0.4, -0.2) is 30.5 Å². The van der Waals surface area contributed by atoms with Gasteiger partial charge in [-0.15, -0.1) is 11.3 Å². The normalized spacial score (nSPS) is 11.8. The third-order valence-electron chi connectivity index (χ3n) is 3.00. The van der Waals surface area contributed by atoms with Crippen LogP contribution in [-0.2, 0) is 16.6 Å². The third kappa shape index (κ3) is 3.55. The number of hydrogen-bond donors (Lipinski definition) is 0. The third-order valence-corrected chi connectivity index (χ3v) is 5.69. The molecule has 0 atom stereocenters. The summed E-state index contributed by atoms with van der Waals surface area (Å²) in [6.07, 6.45) is 1.68. The Balaban J connectivity index is 2.28. The van der Waals surface area contributed by atoms with Crippen molar-refractivity contribution in [3.8, 4) is 0 Å². The summed E-state index contributed by atoms with van der Waals surface area (Å²) >= 11 is 1.46. The molecule has 2 aromatic rings. The number of Topliss-reactive ketones (excluding diaryl/α,β-unsaturated/α-hetero) is 1. The number of benzene rings is 1. The molecule has 0 aliphatic rings. The second kappa shape index (κ2) is 6.05. The van der Waals surface area contributed by atoms with Crippen molar-refractivity contribution >= 4 is 27.1 Å². The molecule has 21 heavy (non-hydrogen) atoms. The smallest absolute Gasteiger partial charge is 0.243 e. The van der Waals surface area contributed by atoms with Gasteiger partial charge in [-0.25, -0.2) is 13.4 Å². The zero-order valence-electron chi connectivity index (χ0n) is 12.0. The fourth-order valence-corrected chi connectivity index (χ4v) is 3.96. The maximum Gasteiger partial charge on any atom is 0.243 e. The van der Waals surface area contributed by atoms with Gasteiger partial charge in [0.05, 0.1) is 9.90 Å². The number of carbonyl (C=O) groups is 1. The molecular weight excluding hydrogens is 308 g/mol. The molecule has 1 aromatic heterocycles. The zero-order valence-corrected chi connectivity index (χ0v) is 13.7. The number of nitrogens with zero attached hydrogens (tertiary/aromatic N) is 2. The molecule has 1 heterocycles. The Kier molecular flexibility index (Phi) is 4.55. The molecule has 5 nitrogen and oxygen atoms in total. The summed E-state index contributed by atoms with van der Waals surface area (Å²) in [6.45, 7) is 3.55. The number of thiazole rings is 1. The van der Waals surface area contributed by atoms with Gasteiger partial charge in [-0.05, 0) is 26.0 Å². The van der Waals surface area contributed by atoms with Gasteiger partial charge in [0, 0.05) is 30.2 Å². The molecule has 0 amide bonds. The van der Waals surface area contributed by atoms with Gasteiger partial charge >= 0.3 is 0 Å². The monoisotopic (exact) mass is 324 g/mol. The first-order valence-electron chi connectivity index (χ1n) is 6.29. The van der Waals surface area contributed by atoms with Gasteiger partial charge in [-0.1, -0.05) is 12.1 Å². The first-order valence-corrected chi connectivity index (χ1v) is 8.55. The molecule has 7 heteroatoms. The SMILES string of the molecule is CC(=O)c1cccc(S(=O)(=O)N(C)Cc2cnc(C)s2)c1. The first-order chi connectivity index (χ1) is 9.80. The van der Waals surface area contributed by atoms with E-state index in [0.29, 0.717) is 5.56 Å². The quantitative estimate of drug-likeness (QED) is 0.792. The van der Waals surface area contributed by atoms with E-state index in [1.165, 1.54) is 41.7 Å². The van der Waals surface area contributed by atoms with Crippen LogP contribution in [0.2, 0.25) is 0 Å². The van der Waals surface area contributed by atoms with E-state index in [0.717, 1.165) is 9.88 Å². The van der Waals surface area contributed by atoms with Gasteiger partial charge in [0.2, 0.25) is 10.0 Å². The lowest BCUT2D eigenvalue weighted by molar-refractivity contribution is 0.101. The van der Waals surface area contributed by atoms with Crippen LogP contribution in [0.4, 0.5) is 0 Å². The molecule has 0 radical (unpaired) electrons. The van der Waals surface area contributed by atoms with Crippen molar-refractivity contribution < 1.29 is 13.2 Å². The number of hydrogen-bond acceptors (Lipinski definition) is 5. The van der Waals surface area contributed by atoms with Crippen molar-refractivity contribution in [2.75, 3.05) is 7.05 Å². The Morgan fingerprint density at radius 1 is 1.38 bits per heavy atom. The van der Waals surface area contributed by atoms with Crippen molar-refractivity contribution in [2.24, 2.45) is 0 Å². The number of sulfonamides is 1. The van der Waals surface area contributed by atoms with Crippen molar-refractivity contribution in [3.63, 3.8) is 0 Å². The van der Waals surface area contributed by atoms with Gasteiger partial charge in [0.25, 0.3) is 0 Å². The second-order valence-electron chi connectivity index (χ2n) is 4.69. The van der Waals surface area contributed by atoms with Gasteiger partial charge in [-0.3, -0.25) is 4.79 Å². The van der Waals surface area contributed by atoms with Crippen LogP contribution in [0.5, 0.6) is 0 Å². The minimum Gasteiger partial charge on any atom is -0.295 e. The van der Waals surface area contributed by atoms with E-state index in [4.69, 9.17) is 0 Å². The van der Waals surface area contributed by atoms with Gasteiger partial charge in [-0.2, -0.15) is 4.31 Å². The summed E-state index contributed by atoms with van der Waals surface area (Å²) in [5.74, 6) is -0.159. The summed E-state index contributed by atoms with van der Waals surface area (Å²) in [4.78, 5) is 16.5. The molecule has 0 saturated carbocycles. The summed E-state index contributed by atoms with van der Waals surface area (Å²) < 4.78 is 26.3. The second-order valence-corrected chi connectivity index (χ2v) is 8.05. The summed E-state index contributed by atoms with van der Waals surface area (Å²) in [5, 5.41) is 0.898. The standard InChI is InChI=1S/C14H16N2O3S2/c1-10(17)12-5-4-6-14(7-12)21(18,19)16(3)9-13-8-15-11(2)20-13/h4-8H,9H2,1-3H3. The van der Waals surface area contributed by atoms with Crippen LogP contribution in [0, 0.1) is 6.92 Å². The lowest BCUT2D eigenvalue weighted by Crippen LogP contribution is -2.26. The van der Waals surface area contributed by atoms with E-state index in [-0.39, 0.29) is 17.2 Å². The Bertz CT molecular complexity index is 766. The maximum absolute atomic E-state index is 12.5. The van der Waals surface area contributed by atoms with Crippen LogP contribution in [0.1, 0.15) is 27.2 Å². The number of aryl methyl sites for hydroxylation is 1. The van der Waals surface area contributed by atoms with E-state index >= 15 is 0 Å². The van der Waals surface area contributed by atoms with Gasteiger partial charge in [0.15, 0.2) is 5.78 Å². The lowest BCUT2D eigenvalue weighted by atomic mass is 10.2. The Hall–Kier alpha value is -1.57. The summed E-state index contributed by atoms with van der Waals surface area (Å²) in [7, 11) is -2.11. The predicted octanol–water partition coefficient (Wildman–Crippen LogP) is 2.47. The largest absolute Gasteiger partial charge is 0.295 e. The van der Waals surface area contributed by atoms with Crippen molar-refractivity contribution in [1.29, 1.82) is 0 Å². The highest BCUT2D eigenvalue weighted by Gasteiger charge is 2.22.